The van der Waals surface area contributed by atoms with Crippen LogP contribution in [0.2, 0.25) is 5.02 Å². The number of benzene rings is 1. The van der Waals surface area contributed by atoms with Gasteiger partial charge in [-0.3, -0.25) is 0 Å². The predicted octanol–water partition coefficient (Wildman–Crippen LogP) is 2.05. The van der Waals surface area contributed by atoms with Crippen LogP contribution in [0.3, 0.4) is 0 Å². The number of aliphatic hydroxyl groups is 1. The summed E-state index contributed by atoms with van der Waals surface area (Å²) in [6.07, 6.45) is 1.98. The minimum atomic E-state index is -0.533. The summed E-state index contributed by atoms with van der Waals surface area (Å²) in [7, 11) is 0. The first kappa shape index (κ1) is 11.7. The van der Waals surface area contributed by atoms with Gasteiger partial charge in [0.2, 0.25) is 0 Å². The molecule has 1 unspecified atom stereocenters. The van der Waals surface area contributed by atoms with Crippen molar-refractivity contribution in [2.45, 2.75) is 25.4 Å². The lowest BCUT2D eigenvalue weighted by molar-refractivity contribution is 0.170. The van der Waals surface area contributed by atoms with Crippen LogP contribution in [0.25, 0.3) is 0 Å². The Morgan fingerprint density at radius 2 is 2.31 bits per heavy atom. The number of halogens is 1. The van der Waals surface area contributed by atoms with Crippen LogP contribution in [-0.2, 0) is 6.42 Å². The molecule has 1 aromatic rings. The predicted molar refractivity (Wildman–Crippen MR) is 63.9 cm³/mol. The van der Waals surface area contributed by atoms with Gasteiger partial charge in [0.1, 0.15) is 5.75 Å². The molecule has 4 heteroatoms. The Hall–Kier alpha value is -0.770. The average Bonchev–Trinajstić information content (AvgIpc) is 2.29. The van der Waals surface area contributed by atoms with E-state index >= 15 is 0 Å². The van der Waals surface area contributed by atoms with Gasteiger partial charge in [-0.25, -0.2) is 0 Å². The van der Waals surface area contributed by atoms with Crippen molar-refractivity contribution in [3.63, 3.8) is 0 Å². The van der Waals surface area contributed by atoms with Gasteiger partial charge in [0.25, 0.3) is 0 Å². The summed E-state index contributed by atoms with van der Waals surface area (Å²) in [5.74, 6) is 0.775. The molecule has 0 saturated heterocycles. The molecule has 1 heterocycles. The van der Waals surface area contributed by atoms with Gasteiger partial charge in [-0.15, -0.1) is 0 Å². The van der Waals surface area contributed by atoms with E-state index in [0.717, 1.165) is 36.3 Å². The van der Waals surface area contributed by atoms with E-state index < -0.39 is 6.10 Å². The highest BCUT2D eigenvalue weighted by molar-refractivity contribution is 6.32. The number of hydrogen-bond acceptors (Lipinski definition) is 3. The zero-order valence-electron chi connectivity index (χ0n) is 9.08. The van der Waals surface area contributed by atoms with Gasteiger partial charge in [0, 0.05) is 0 Å². The number of ether oxygens (including phenoxy) is 1. The molecule has 0 spiro atoms. The molecule has 1 aliphatic rings. The minimum Gasteiger partial charge on any atom is -0.492 e. The summed E-state index contributed by atoms with van der Waals surface area (Å²) in [5, 5.41) is 10.5. The monoisotopic (exact) mass is 241 g/mol. The van der Waals surface area contributed by atoms with E-state index in [4.69, 9.17) is 22.1 Å². The molecule has 1 aliphatic heterocycles. The highest BCUT2D eigenvalue weighted by Crippen LogP contribution is 2.35. The topological polar surface area (TPSA) is 55.5 Å². The van der Waals surface area contributed by atoms with E-state index in [-0.39, 0.29) is 0 Å². The lowest BCUT2D eigenvalue weighted by Crippen LogP contribution is -2.11. The molecular weight excluding hydrogens is 226 g/mol. The number of rotatable bonds is 3. The van der Waals surface area contributed by atoms with Crippen molar-refractivity contribution < 1.29 is 9.84 Å². The lowest BCUT2D eigenvalue weighted by atomic mass is 9.99. The van der Waals surface area contributed by atoms with E-state index in [2.05, 4.69) is 0 Å². The zero-order valence-corrected chi connectivity index (χ0v) is 9.83. The number of hydrogen-bond donors (Lipinski definition) is 2. The molecule has 3 N–H and O–H groups in total. The molecule has 16 heavy (non-hydrogen) atoms. The number of nitrogens with two attached hydrogens (primary N) is 1. The summed E-state index contributed by atoms with van der Waals surface area (Å²) in [6, 6.07) is 3.74. The number of aryl methyl sites for hydroxylation is 1. The summed E-state index contributed by atoms with van der Waals surface area (Å²) in [6.45, 7) is 1.18. The molecule has 0 bridgehead atoms. The van der Waals surface area contributed by atoms with Crippen molar-refractivity contribution in [1.29, 1.82) is 0 Å². The van der Waals surface area contributed by atoms with E-state index in [9.17, 15) is 5.11 Å². The molecule has 0 saturated carbocycles. The Morgan fingerprint density at radius 1 is 1.50 bits per heavy atom. The second-order valence-corrected chi connectivity index (χ2v) is 4.44. The molecule has 0 aromatic heterocycles. The smallest absolute Gasteiger partial charge is 0.141 e. The minimum absolute atomic E-state index is 0.465. The fourth-order valence-corrected chi connectivity index (χ4v) is 2.28. The first-order valence-electron chi connectivity index (χ1n) is 5.55. The van der Waals surface area contributed by atoms with Crippen LogP contribution in [0.1, 0.15) is 30.1 Å². The Kier molecular flexibility index (Phi) is 3.69. The largest absolute Gasteiger partial charge is 0.492 e. The van der Waals surface area contributed by atoms with Crippen LogP contribution in [0, 0.1) is 0 Å². The third-order valence-electron chi connectivity index (χ3n) is 2.80. The molecular formula is C12H16ClNO2. The van der Waals surface area contributed by atoms with Crippen LogP contribution >= 0.6 is 11.6 Å². The molecule has 3 nitrogen and oxygen atoms in total. The maximum atomic E-state index is 9.87. The maximum Gasteiger partial charge on any atom is 0.141 e. The highest BCUT2D eigenvalue weighted by atomic mass is 35.5. The third kappa shape index (κ3) is 2.32. The van der Waals surface area contributed by atoms with Crippen molar-refractivity contribution in [2.24, 2.45) is 5.73 Å². The Labute approximate surface area is 100 Å². The highest BCUT2D eigenvalue weighted by Gasteiger charge is 2.17. The van der Waals surface area contributed by atoms with E-state index in [1.54, 1.807) is 6.07 Å². The van der Waals surface area contributed by atoms with Crippen LogP contribution in [0.5, 0.6) is 5.75 Å². The molecule has 88 valence electrons. The van der Waals surface area contributed by atoms with Crippen LogP contribution in [0.15, 0.2) is 12.1 Å². The fraction of sp³-hybridized carbons (Fsp3) is 0.500. The van der Waals surface area contributed by atoms with E-state index in [0.29, 0.717) is 18.0 Å². The molecule has 1 aromatic carbocycles. The fourth-order valence-electron chi connectivity index (χ4n) is 1.97. The standard InChI is InChI=1S/C12H16ClNO2/c13-10-7-9(11(15)3-4-14)6-8-2-1-5-16-12(8)10/h6-7,11,15H,1-5,14H2. The SMILES string of the molecule is NCCC(O)c1cc(Cl)c2c(c1)CCCO2. The van der Waals surface area contributed by atoms with Crippen LogP contribution < -0.4 is 10.5 Å². The quantitative estimate of drug-likeness (QED) is 0.852. The number of fused-ring (bicyclic) bond motifs is 1. The van der Waals surface area contributed by atoms with Crippen molar-refractivity contribution in [2.75, 3.05) is 13.2 Å². The average molecular weight is 242 g/mol. The van der Waals surface area contributed by atoms with Gasteiger partial charge in [0.05, 0.1) is 17.7 Å². The second-order valence-electron chi connectivity index (χ2n) is 4.04. The van der Waals surface area contributed by atoms with Gasteiger partial charge < -0.3 is 15.6 Å². The summed E-state index contributed by atoms with van der Waals surface area (Å²) in [5.41, 5.74) is 7.35. The van der Waals surface area contributed by atoms with E-state index in [1.807, 2.05) is 6.07 Å². The Bertz CT molecular complexity index is 382. The van der Waals surface area contributed by atoms with Gasteiger partial charge in [-0.1, -0.05) is 11.6 Å². The van der Waals surface area contributed by atoms with Crippen LogP contribution in [-0.4, -0.2) is 18.3 Å². The molecule has 0 aliphatic carbocycles. The first-order valence-corrected chi connectivity index (χ1v) is 5.93. The third-order valence-corrected chi connectivity index (χ3v) is 3.09. The van der Waals surface area contributed by atoms with Gasteiger partial charge >= 0.3 is 0 Å². The first-order chi connectivity index (χ1) is 7.72. The maximum absolute atomic E-state index is 9.87. The van der Waals surface area contributed by atoms with Crippen molar-refractivity contribution >= 4 is 11.6 Å². The van der Waals surface area contributed by atoms with Gasteiger partial charge in [0.15, 0.2) is 0 Å². The summed E-state index contributed by atoms with van der Waals surface area (Å²) < 4.78 is 5.51. The van der Waals surface area contributed by atoms with Crippen molar-refractivity contribution in [3.8, 4) is 5.75 Å². The number of aliphatic hydroxyl groups excluding tert-OH is 1. The second kappa shape index (κ2) is 5.04. The van der Waals surface area contributed by atoms with Crippen LogP contribution in [0.4, 0.5) is 0 Å². The van der Waals surface area contributed by atoms with E-state index in [1.165, 1.54) is 0 Å². The molecule has 0 amide bonds. The Morgan fingerprint density at radius 3 is 3.06 bits per heavy atom. The molecule has 0 fully saturated rings. The summed E-state index contributed by atoms with van der Waals surface area (Å²) in [4.78, 5) is 0. The molecule has 2 rings (SSSR count). The normalized spacial score (nSPS) is 16.4. The van der Waals surface area contributed by atoms with Crippen molar-refractivity contribution in [1.82, 2.24) is 0 Å². The van der Waals surface area contributed by atoms with Gasteiger partial charge in [-0.2, -0.15) is 0 Å². The van der Waals surface area contributed by atoms with Crippen molar-refractivity contribution in [3.05, 3.63) is 28.3 Å². The molecule has 1 atom stereocenters. The molecule has 0 radical (unpaired) electrons. The lowest BCUT2D eigenvalue weighted by Gasteiger charge is -2.21. The van der Waals surface area contributed by atoms with Gasteiger partial charge in [-0.05, 0) is 49.1 Å². The Balaban J connectivity index is 2.31. The zero-order chi connectivity index (χ0) is 11.5. The summed E-state index contributed by atoms with van der Waals surface area (Å²) >= 11 is 6.12.